The van der Waals surface area contributed by atoms with Crippen molar-refractivity contribution in [2.45, 2.75) is 39.2 Å². The highest BCUT2D eigenvalue weighted by Crippen LogP contribution is 2.22. The van der Waals surface area contributed by atoms with Gasteiger partial charge in [-0.3, -0.25) is 14.8 Å². The molecule has 1 aromatic carbocycles. The highest BCUT2D eigenvalue weighted by Gasteiger charge is 2.13. The summed E-state index contributed by atoms with van der Waals surface area (Å²) in [6.07, 6.45) is 5.26. The van der Waals surface area contributed by atoms with E-state index in [1.807, 2.05) is 12.1 Å². The highest BCUT2D eigenvalue weighted by molar-refractivity contribution is 5.78. The Hall–Kier alpha value is -2.23. The van der Waals surface area contributed by atoms with Crippen LogP contribution in [-0.2, 0) is 23.2 Å². The Labute approximate surface area is 125 Å². The second-order valence-electron chi connectivity index (χ2n) is 6.10. The molecule has 0 unspecified atom stereocenters. The van der Waals surface area contributed by atoms with Crippen molar-refractivity contribution in [3.05, 3.63) is 59.7 Å². The molecule has 2 rings (SSSR count). The maximum Gasteiger partial charge on any atom is 0.224 e. The van der Waals surface area contributed by atoms with Crippen LogP contribution in [0.1, 0.15) is 37.6 Å². The van der Waals surface area contributed by atoms with Crippen LogP contribution in [0.4, 0.5) is 0 Å². The molecule has 21 heavy (non-hydrogen) atoms. The smallest absolute Gasteiger partial charge is 0.224 e. The van der Waals surface area contributed by atoms with Crippen LogP contribution in [0.2, 0.25) is 0 Å². The van der Waals surface area contributed by atoms with Gasteiger partial charge in [-0.05, 0) is 16.5 Å². The Kier molecular flexibility index (Phi) is 4.68. The van der Waals surface area contributed by atoms with Crippen molar-refractivity contribution >= 4 is 5.91 Å². The Morgan fingerprint density at radius 3 is 2.43 bits per heavy atom. The van der Waals surface area contributed by atoms with Crippen LogP contribution in [0.25, 0.3) is 0 Å². The monoisotopic (exact) mass is 283 g/mol. The minimum absolute atomic E-state index is 0.0100. The maximum atomic E-state index is 11.9. The molecule has 0 bridgehead atoms. The molecule has 4 heteroatoms. The number of amides is 1. The topological polar surface area (TPSA) is 54.9 Å². The van der Waals surface area contributed by atoms with Gasteiger partial charge in [0.2, 0.25) is 5.91 Å². The number of hydrogen-bond acceptors (Lipinski definition) is 3. The van der Waals surface area contributed by atoms with Gasteiger partial charge in [0.15, 0.2) is 0 Å². The number of nitrogens with one attached hydrogen (secondary N) is 1. The van der Waals surface area contributed by atoms with E-state index in [4.69, 9.17) is 0 Å². The van der Waals surface area contributed by atoms with Crippen molar-refractivity contribution < 1.29 is 4.79 Å². The fourth-order valence-corrected chi connectivity index (χ4v) is 1.98. The van der Waals surface area contributed by atoms with Crippen LogP contribution in [0.3, 0.4) is 0 Å². The molecule has 0 atom stereocenters. The van der Waals surface area contributed by atoms with Gasteiger partial charge in [0.25, 0.3) is 0 Å². The summed E-state index contributed by atoms with van der Waals surface area (Å²) >= 11 is 0. The lowest BCUT2D eigenvalue weighted by Crippen LogP contribution is -2.25. The number of carbonyl (C=O) groups is 1. The van der Waals surface area contributed by atoms with Crippen molar-refractivity contribution in [1.29, 1.82) is 0 Å². The molecule has 1 aromatic heterocycles. The van der Waals surface area contributed by atoms with E-state index in [-0.39, 0.29) is 11.3 Å². The Balaban J connectivity index is 1.88. The van der Waals surface area contributed by atoms with Gasteiger partial charge in [-0.2, -0.15) is 0 Å². The zero-order valence-corrected chi connectivity index (χ0v) is 12.8. The second-order valence-corrected chi connectivity index (χ2v) is 6.10. The van der Waals surface area contributed by atoms with Crippen molar-refractivity contribution in [2.75, 3.05) is 0 Å². The van der Waals surface area contributed by atoms with Crippen molar-refractivity contribution in [2.24, 2.45) is 0 Å². The van der Waals surface area contributed by atoms with E-state index in [2.05, 4.69) is 48.2 Å². The predicted octanol–water partition coefficient (Wildman–Crippen LogP) is 2.63. The summed E-state index contributed by atoms with van der Waals surface area (Å²) in [5.41, 5.74) is 3.17. The number of nitrogens with zero attached hydrogens (tertiary/aromatic N) is 2. The number of rotatable bonds is 4. The lowest BCUT2D eigenvalue weighted by atomic mass is 9.86. The third kappa shape index (κ3) is 4.67. The summed E-state index contributed by atoms with van der Waals surface area (Å²) in [5.74, 6) is -0.0100. The van der Waals surface area contributed by atoms with Gasteiger partial charge >= 0.3 is 0 Å². The summed E-state index contributed by atoms with van der Waals surface area (Å²) in [6.45, 7) is 6.94. The number of aromatic nitrogens is 2. The average Bonchev–Trinajstić information content (AvgIpc) is 2.46. The van der Waals surface area contributed by atoms with Crippen LogP contribution >= 0.6 is 0 Å². The summed E-state index contributed by atoms with van der Waals surface area (Å²) < 4.78 is 0. The molecule has 1 amide bonds. The first kappa shape index (κ1) is 15.2. The number of carbonyl (C=O) groups excluding carboxylic acids is 1. The van der Waals surface area contributed by atoms with E-state index in [1.165, 1.54) is 5.56 Å². The molecule has 0 spiro atoms. The van der Waals surface area contributed by atoms with Gasteiger partial charge in [-0.1, -0.05) is 45.0 Å². The predicted molar refractivity (Wildman–Crippen MR) is 82.7 cm³/mol. The van der Waals surface area contributed by atoms with E-state index < -0.39 is 0 Å². The molecule has 0 saturated heterocycles. The van der Waals surface area contributed by atoms with Gasteiger partial charge < -0.3 is 5.32 Å². The van der Waals surface area contributed by atoms with E-state index in [0.717, 1.165) is 11.3 Å². The maximum absolute atomic E-state index is 11.9. The van der Waals surface area contributed by atoms with Crippen molar-refractivity contribution in [3.8, 4) is 0 Å². The van der Waals surface area contributed by atoms with Gasteiger partial charge in [-0.25, -0.2) is 0 Å². The molecule has 0 aliphatic carbocycles. The number of benzene rings is 1. The van der Waals surface area contributed by atoms with Gasteiger partial charge in [0, 0.05) is 12.4 Å². The molecule has 0 aliphatic heterocycles. The molecular weight excluding hydrogens is 262 g/mol. The highest BCUT2D eigenvalue weighted by atomic mass is 16.1. The van der Waals surface area contributed by atoms with Crippen molar-refractivity contribution in [1.82, 2.24) is 15.3 Å². The van der Waals surface area contributed by atoms with Crippen LogP contribution in [0.5, 0.6) is 0 Å². The largest absolute Gasteiger partial charge is 0.350 e. The number of hydrogen-bond donors (Lipinski definition) is 1. The van der Waals surface area contributed by atoms with Gasteiger partial charge in [0.1, 0.15) is 0 Å². The van der Waals surface area contributed by atoms with E-state index in [1.54, 1.807) is 18.6 Å². The lowest BCUT2D eigenvalue weighted by molar-refractivity contribution is -0.120. The zero-order chi connectivity index (χ0) is 15.3. The minimum atomic E-state index is -0.0100. The summed E-state index contributed by atoms with van der Waals surface area (Å²) in [6, 6.07) is 8.21. The van der Waals surface area contributed by atoms with E-state index >= 15 is 0 Å². The summed E-state index contributed by atoms with van der Waals surface area (Å²) in [5, 5.41) is 2.85. The third-order valence-corrected chi connectivity index (χ3v) is 3.27. The van der Waals surface area contributed by atoms with Crippen LogP contribution in [0.15, 0.2) is 42.9 Å². The second kappa shape index (κ2) is 6.48. The molecular formula is C17H21N3O. The van der Waals surface area contributed by atoms with Gasteiger partial charge in [0.05, 0.1) is 24.9 Å². The fraction of sp³-hybridized carbons (Fsp3) is 0.353. The van der Waals surface area contributed by atoms with Crippen LogP contribution in [0, 0.1) is 0 Å². The summed E-state index contributed by atoms with van der Waals surface area (Å²) in [4.78, 5) is 20.0. The van der Waals surface area contributed by atoms with Crippen molar-refractivity contribution in [3.63, 3.8) is 0 Å². The zero-order valence-electron chi connectivity index (χ0n) is 12.8. The molecule has 0 saturated carbocycles. The van der Waals surface area contributed by atoms with E-state index in [0.29, 0.717) is 13.0 Å². The molecule has 0 aliphatic rings. The molecule has 4 nitrogen and oxygen atoms in total. The molecule has 0 fully saturated rings. The molecule has 110 valence electrons. The molecule has 1 N–H and O–H groups in total. The first-order chi connectivity index (χ1) is 9.95. The lowest BCUT2D eigenvalue weighted by Gasteiger charge is -2.19. The normalized spacial score (nSPS) is 11.2. The SMILES string of the molecule is CC(C)(C)c1ccc(CC(=O)NCc2cnccn2)cc1. The Morgan fingerprint density at radius 2 is 1.86 bits per heavy atom. The standard InChI is InChI=1S/C17H21N3O/c1-17(2,3)14-6-4-13(5-7-14)10-16(21)20-12-15-11-18-8-9-19-15/h4-9,11H,10,12H2,1-3H3,(H,20,21). The molecule has 0 radical (unpaired) electrons. The summed E-state index contributed by atoms with van der Waals surface area (Å²) in [7, 11) is 0. The third-order valence-electron chi connectivity index (χ3n) is 3.27. The molecule has 2 aromatic rings. The Morgan fingerprint density at radius 1 is 1.14 bits per heavy atom. The average molecular weight is 283 g/mol. The molecule has 1 heterocycles. The Bertz CT molecular complexity index is 586. The first-order valence-electron chi connectivity index (χ1n) is 7.06. The fourth-order valence-electron chi connectivity index (χ4n) is 1.98. The first-order valence-corrected chi connectivity index (χ1v) is 7.06. The quantitative estimate of drug-likeness (QED) is 0.938. The minimum Gasteiger partial charge on any atom is -0.350 e. The van der Waals surface area contributed by atoms with Crippen LogP contribution in [-0.4, -0.2) is 15.9 Å². The van der Waals surface area contributed by atoms with Crippen LogP contribution < -0.4 is 5.32 Å². The van der Waals surface area contributed by atoms with E-state index in [9.17, 15) is 4.79 Å². The van der Waals surface area contributed by atoms with Gasteiger partial charge in [-0.15, -0.1) is 0 Å².